The van der Waals surface area contributed by atoms with Gasteiger partial charge in [0.25, 0.3) is 0 Å². The van der Waals surface area contributed by atoms with Crippen LogP contribution in [0.15, 0.2) is 54.7 Å². The fourth-order valence-corrected chi connectivity index (χ4v) is 4.62. The standard InChI is InChI=1S/C25H30N4O2/c30-21-9-7-20(8-10-21)27-25-26-15-19-6-11-22(14-24(19)28-25)31-23-12-13-29(17-23)16-18-4-2-1-3-5-18/h1-6,11,14-15,20-21,23,30H,7-10,12-13,16-17H2,(H,26,27,28)/t20-,21-,23-/m1/s1. The molecule has 1 atom stereocenters. The average molecular weight is 419 g/mol. The summed E-state index contributed by atoms with van der Waals surface area (Å²) in [4.78, 5) is 11.6. The topological polar surface area (TPSA) is 70.5 Å². The fourth-order valence-electron chi connectivity index (χ4n) is 4.62. The maximum absolute atomic E-state index is 9.70. The summed E-state index contributed by atoms with van der Waals surface area (Å²) in [5, 5.41) is 14.1. The molecule has 0 radical (unpaired) electrons. The highest BCUT2D eigenvalue weighted by atomic mass is 16.5. The third kappa shape index (κ3) is 5.14. The summed E-state index contributed by atoms with van der Waals surface area (Å²) in [6.07, 6.45) is 6.53. The molecular weight excluding hydrogens is 388 g/mol. The molecule has 6 nitrogen and oxygen atoms in total. The summed E-state index contributed by atoms with van der Waals surface area (Å²) >= 11 is 0. The van der Waals surface area contributed by atoms with Gasteiger partial charge in [-0.05, 0) is 49.8 Å². The summed E-state index contributed by atoms with van der Waals surface area (Å²) in [7, 11) is 0. The molecule has 1 aromatic heterocycles. The number of likely N-dealkylation sites (tertiary alicyclic amines) is 1. The summed E-state index contributed by atoms with van der Waals surface area (Å²) in [5.41, 5.74) is 2.24. The van der Waals surface area contributed by atoms with E-state index in [1.165, 1.54) is 5.56 Å². The number of aliphatic hydroxyl groups excluding tert-OH is 1. The van der Waals surface area contributed by atoms with Crippen LogP contribution in [0.4, 0.5) is 5.95 Å². The van der Waals surface area contributed by atoms with Gasteiger partial charge < -0.3 is 15.2 Å². The summed E-state index contributed by atoms with van der Waals surface area (Å²) < 4.78 is 6.30. The van der Waals surface area contributed by atoms with Crippen molar-refractivity contribution in [2.24, 2.45) is 0 Å². The number of ether oxygens (including phenoxy) is 1. The van der Waals surface area contributed by atoms with E-state index in [9.17, 15) is 5.11 Å². The van der Waals surface area contributed by atoms with Crippen molar-refractivity contribution in [2.45, 2.75) is 56.9 Å². The van der Waals surface area contributed by atoms with E-state index in [1.807, 2.05) is 24.4 Å². The maximum atomic E-state index is 9.70. The van der Waals surface area contributed by atoms with Gasteiger partial charge in [0.05, 0.1) is 11.6 Å². The number of hydrogen-bond donors (Lipinski definition) is 2. The number of fused-ring (bicyclic) bond motifs is 1. The molecule has 1 saturated carbocycles. The molecular formula is C25H30N4O2. The van der Waals surface area contributed by atoms with Gasteiger partial charge in [-0.3, -0.25) is 4.90 Å². The zero-order valence-electron chi connectivity index (χ0n) is 17.8. The largest absolute Gasteiger partial charge is 0.489 e. The van der Waals surface area contributed by atoms with Crippen LogP contribution in [0.25, 0.3) is 10.9 Å². The van der Waals surface area contributed by atoms with Crippen molar-refractivity contribution >= 4 is 16.9 Å². The summed E-state index contributed by atoms with van der Waals surface area (Å²) in [5.74, 6) is 1.52. The van der Waals surface area contributed by atoms with Crippen LogP contribution >= 0.6 is 0 Å². The number of hydrogen-bond acceptors (Lipinski definition) is 6. The predicted octanol–water partition coefficient (Wildman–Crippen LogP) is 4.00. The molecule has 2 fully saturated rings. The van der Waals surface area contributed by atoms with E-state index < -0.39 is 0 Å². The van der Waals surface area contributed by atoms with E-state index in [0.29, 0.717) is 12.0 Å². The highest BCUT2D eigenvalue weighted by Crippen LogP contribution is 2.25. The van der Waals surface area contributed by atoms with Crippen LogP contribution in [0.2, 0.25) is 0 Å². The lowest BCUT2D eigenvalue weighted by Gasteiger charge is -2.26. The van der Waals surface area contributed by atoms with Gasteiger partial charge in [0.2, 0.25) is 5.95 Å². The van der Waals surface area contributed by atoms with E-state index in [4.69, 9.17) is 9.72 Å². The Balaban J connectivity index is 1.21. The first kappa shape index (κ1) is 20.2. The van der Waals surface area contributed by atoms with Gasteiger partial charge in [-0.2, -0.15) is 0 Å². The van der Waals surface area contributed by atoms with Crippen LogP contribution in [-0.2, 0) is 6.54 Å². The highest BCUT2D eigenvalue weighted by Gasteiger charge is 2.24. The van der Waals surface area contributed by atoms with Crippen LogP contribution in [0.1, 0.15) is 37.7 Å². The second kappa shape index (κ2) is 9.20. The molecule has 3 aromatic rings. The molecule has 1 aliphatic carbocycles. The predicted molar refractivity (Wildman–Crippen MR) is 122 cm³/mol. The van der Waals surface area contributed by atoms with E-state index >= 15 is 0 Å². The molecule has 1 saturated heterocycles. The molecule has 2 aromatic carbocycles. The van der Waals surface area contributed by atoms with Crippen LogP contribution < -0.4 is 10.1 Å². The molecule has 0 spiro atoms. The minimum Gasteiger partial charge on any atom is -0.489 e. The molecule has 162 valence electrons. The number of nitrogens with one attached hydrogen (secondary N) is 1. The van der Waals surface area contributed by atoms with E-state index in [-0.39, 0.29) is 12.2 Å². The van der Waals surface area contributed by atoms with Crippen LogP contribution in [0.3, 0.4) is 0 Å². The number of anilines is 1. The third-order valence-corrected chi connectivity index (χ3v) is 6.36. The maximum Gasteiger partial charge on any atom is 0.223 e. The Labute approximate surface area is 183 Å². The zero-order chi connectivity index (χ0) is 21.0. The molecule has 2 aliphatic rings. The lowest BCUT2D eigenvalue weighted by Crippen LogP contribution is -2.28. The van der Waals surface area contributed by atoms with Gasteiger partial charge in [-0.25, -0.2) is 9.97 Å². The Morgan fingerprint density at radius 2 is 1.87 bits per heavy atom. The first-order valence-corrected chi connectivity index (χ1v) is 11.4. The van der Waals surface area contributed by atoms with Crippen molar-refractivity contribution in [2.75, 3.05) is 18.4 Å². The Morgan fingerprint density at radius 1 is 1.03 bits per heavy atom. The molecule has 0 amide bonds. The molecule has 1 aliphatic heterocycles. The van der Waals surface area contributed by atoms with Crippen LogP contribution in [0, 0.1) is 0 Å². The van der Waals surface area contributed by atoms with Crippen molar-refractivity contribution in [3.63, 3.8) is 0 Å². The third-order valence-electron chi connectivity index (χ3n) is 6.36. The minimum atomic E-state index is -0.158. The smallest absolute Gasteiger partial charge is 0.223 e. The van der Waals surface area contributed by atoms with Gasteiger partial charge in [-0.1, -0.05) is 30.3 Å². The number of benzene rings is 2. The summed E-state index contributed by atoms with van der Waals surface area (Å²) in [6, 6.07) is 17.0. The van der Waals surface area contributed by atoms with Gasteiger partial charge >= 0.3 is 0 Å². The van der Waals surface area contributed by atoms with Crippen molar-refractivity contribution in [1.82, 2.24) is 14.9 Å². The first-order chi connectivity index (χ1) is 15.2. The van der Waals surface area contributed by atoms with Crippen LogP contribution in [-0.4, -0.2) is 51.3 Å². The average Bonchev–Trinajstić information content (AvgIpc) is 3.22. The Kier molecular flexibility index (Phi) is 6.00. The lowest BCUT2D eigenvalue weighted by molar-refractivity contribution is 0.126. The van der Waals surface area contributed by atoms with Gasteiger partial charge in [0.15, 0.2) is 0 Å². The van der Waals surface area contributed by atoms with E-state index in [1.54, 1.807) is 0 Å². The Bertz CT molecular complexity index is 1000. The van der Waals surface area contributed by atoms with Crippen LogP contribution in [0.5, 0.6) is 5.75 Å². The second-order valence-electron chi connectivity index (χ2n) is 8.81. The minimum absolute atomic E-state index is 0.158. The van der Waals surface area contributed by atoms with Crippen molar-refractivity contribution in [3.05, 3.63) is 60.3 Å². The Hall–Kier alpha value is -2.70. The molecule has 5 rings (SSSR count). The first-order valence-electron chi connectivity index (χ1n) is 11.4. The molecule has 31 heavy (non-hydrogen) atoms. The van der Waals surface area contributed by atoms with Gasteiger partial charge in [-0.15, -0.1) is 0 Å². The number of rotatable bonds is 6. The monoisotopic (exact) mass is 418 g/mol. The molecule has 0 bridgehead atoms. The highest BCUT2D eigenvalue weighted by molar-refractivity contribution is 5.80. The number of nitrogens with zero attached hydrogens (tertiary/aromatic N) is 3. The lowest BCUT2D eigenvalue weighted by atomic mass is 9.93. The zero-order valence-corrected chi connectivity index (χ0v) is 17.8. The quantitative estimate of drug-likeness (QED) is 0.631. The molecule has 2 heterocycles. The molecule has 6 heteroatoms. The second-order valence-corrected chi connectivity index (χ2v) is 8.81. The fraction of sp³-hybridized carbons (Fsp3) is 0.440. The molecule has 2 N–H and O–H groups in total. The van der Waals surface area contributed by atoms with Crippen molar-refractivity contribution in [3.8, 4) is 5.75 Å². The number of aromatic nitrogens is 2. The summed E-state index contributed by atoms with van der Waals surface area (Å²) in [6.45, 7) is 2.97. The van der Waals surface area contributed by atoms with E-state index in [0.717, 1.165) is 68.4 Å². The Morgan fingerprint density at radius 3 is 2.71 bits per heavy atom. The van der Waals surface area contributed by atoms with E-state index in [2.05, 4.69) is 45.5 Å². The molecule has 0 unspecified atom stereocenters. The van der Waals surface area contributed by atoms with Crippen molar-refractivity contribution < 1.29 is 9.84 Å². The number of aliphatic hydroxyl groups is 1. The van der Waals surface area contributed by atoms with Gasteiger partial charge in [0, 0.05) is 43.3 Å². The normalized spacial score (nSPS) is 24.4. The van der Waals surface area contributed by atoms with Gasteiger partial charge in [0.1, 0.15) is 11.9 Å². The van der Waals surface area contributed by atoms with Crippen molar-refractivity contribution in [1.29, 1.82) is 0 Å². The SMILES string of the molecule is O[C@H]1CC[C@H](Nc2ncc3ccc(O[C@@H]4CCN(Cc5ccccc5)C4)cc3n2)CC1.